The minimum Gasteiger partial charge on any atom is -0.312 e. The molecule has 0 heterocycles. The van der Waals surface area contributed by atoms with Crippen LogP contribution in [0.1, 0.15) is 41.5 Å². The van der Waals surface area contributed by atoms with Crippen LogP contribution in [0, 0.1) is 5.41 Å². The summed E-state index contributed by atoms with van der Waals surface area (Å²) in [5.41, 5.74) is 0.456. The molecule has 0 radical (unpaired) electrons. The van der Waals surface area contributed by atoms with Gasteiger partial charge in [0.1, 0.15) is 0 Å². The van der Waals surface area contributed by atoms with Crippen molar-refractivity contribution in [3.8, 4) is 0 Å². The van der Waals surface area contributed by atoms with E-state index in [1.165, 1.54) is 0 Å². The average Bonchev–Trinajstić information content (AvgIpc) is 1.97. The zero-order valence-electron chi connectivity index (χ0n) is 11.2. The summed E-state index contributed by atoms with van der Waals surface area (Å²) >= 11 is 0. The van der Waals surface area contributed by atoms with Gasteiger partial charge in [0.2, 0.25) is 0 Å². The second kappa shape index (κ2) is 4.63. The minimum absolute atomic E-state index is 0.175. The maximum atomic E-state index is 3.60. The molecule has 0 amide bonds. The van der Waals surface area contributed by atoms with Gasteiger partial charge in [-0.3, -0.25) is 0 Å². The van der Waals surface area contributed by atoms with Crippen molar-refractivity contribution in [1.82, 2.24) is 10.2 Å². The second-order valence-electron chi connectivity index (χ2n) is 5.90. The quantitative estimate of drug-likeness (QED) is 0.749. The lowest BCUT2D eigenvalue weighted by Crippen LogP contribution is -2.60. The molecule has 0 fully saturated rings. The summed E-state index contributed by atoms with van der Waals surface area (Å²) in [6.45, 7) is 14.7. The Labute approximate surface area is 90.1 Å². The number of nitrogens with zero attached hydrogens (tertiary/aromatic N) is 1. The van der Waals surface area contributed by atoms with Crippen LogP contribution in [0.25, 0.3) is 0 Å². The molecule has 14 heavy (non-hydrogen) atoms. The predicted molar refractivity (Wildman–Crippen MR) is 64.7 cm³/mol. The van der Waals surface area contributed by atoms with Crippen LogP contribution < -0.4 is 5.32 Å². The van der Waals surface area contributed by atoms with Crippen LogP contribution in [0.4, 0.5) is 0 Å². The van der Waals surface area contributed by atoms with Crippen molar-refractivity contribution in [2.24, 2.45) is 5.41 Å². The first-order chi connectivity index (χ1) is 6.14. The van der Waals surface area contributed by atoms with Crippen molar-refractivity contribution in [3.05, 3.63) is 0 Å². The summed E-state index contributed by atoms with van der Waals surface area (Å²) in [6, 6.07) is 0.495. The van der Waals surface area contributed by atoms with Gasteiger partial charge in [-0.25, -0.2) is 0 Å². The van der Waals surface area contributed by atoms with Crippen LogP contribution >= 0.6 is 0 Å². The Bertz CT molecular complexity index is 166. The third-order valence-electron chi connectivity index (χ3n) is 3.13. The number of likely N-dealkylation sites (N-methyl/N-ethyl adjacent to an activating group) is 2. The molecule has 0 saturated carbocycles. The van der Waals surface area contributed by atoms with Gasteiger partial charge in [-0.1, -0.05) is 27.7 Å². The summed E-state index contributed by atoms with van der Waals surface area (Å²) in [5.74, 6) is 0. The van der Waals surface area contributed by atoms with Gasteiger partial charge >= 0.3 is 0 Å². The molecule has 0 aliphatic heterocycles. The molecule has 1 atom stereocenters. The van der Waals surface area contributed by atoms with Crippen LogP contribution in [0.5, 0.6) is 0 Å². The number of nitrogens with one attached hydrogen (secondary N) is 1. The predicted octanol–water partition coefficient (Wildman–Crippen LogP) is 2.35. The first kappa shape index (κ1) is 13.9. The fraction of sp³-hybridized carbons (Fsp3) is 1.00. The van der Waals surface area contributed by atoms with Gasteiger partial charge in [-0.05, 0) is 39.9 Å². The molecule has 0 aromatic heterocycles. The molecule has 0 spiro atoms. The molecule has 86 valence electrons. The Balaban J connectivity index is 4.82. The molecule has 0 aliphatic carbocycles. The lowest BCUT2D eigenvalue weighted by molar-refractivity contribution is 0.0739. The molecule has 0 aromatic rings. The van der Waals surface area contributed by atoms with E-state index >= 15 is 0 Å². The van der Waals surface area contributed by atoms with Gasteiger partial charge in [0.15, 0.2) is 0 Å². The van der Waals surface area contributed by atoms with Crippen molar-refractivity contribution in [3.63, 3.8) is 0 Å². The second-order valence-corrected chi connectivity index (χ2v) is 5.90. The molecule has 0 bridgehead atoms. The highest BCUT2D eigenvalue weighted by Crippen LogP contribution is 2.30. The molecule has 0 aromatic carbocycles. The number of rotatable bonds is 4. The van der Waals surface area contributed by atoms with E-state index in [0.717, 1.165) is 6.54 Å². The number of hydrogen-bond donors (Lipinski definition) is 1. The Hall–Kier alpha value is -0.0800. The summed E-state index contributed by atoms with van der Waals surface area (Å²) in [7, 11) is 4.30. The van der Waals surface area contributed by atoms with Crippen LogP contribution in [0.15, 0.2) is 0 Å². The molecule has 0 rings (SSSR count). The monoisotopic (exact) mass is 200 g/mol. The lowest BCUT2D eigenvalue weighted by Gasteiger charge is -2.47. The molecule has 2 heteroatoms. The fourth-order valence-electron chi connectivity index (χ4n) is 2.08. The van der Waals surface area contributed by atoms with E-state index in [1.54, 1.807) is 0 Å². The van der Waals surface area contributed by atoms with E-state index < -0.39 is 0 Å². The van der Waals surface area contributed by atoms with E-state index in [1.807, 2.05) is 0 Å². The van der Waals surface area contributed by atoms with Crippen LogP contribution in [0.2, 0.25) is 0 Å². The van der Waals surface area contributed by atoms with Gasteiger partial charge in [0.05, 0.1) is 0 Å². The minimum atomic E-state index is 0.175. The lowest BCUT2D eigenvalue weighted by atomic mass is 9.75. The molecule has 0 saturated heterocycles. The topological polar surface area (TPSA) is 15.3 Å². The zero-order valence-corrected chi connectivity index (χ0v) is 11.2. The van der Waals surface area contributed by atoms with Gasteiger partial charge in [0, 0.05) is 11.6 Å². The van der Waals surface area contributed by atoms with E-state index in [-0.39, 0.29) is 11.0 Å². The SMILES string of the molecule is CCNC(C(C)(C)C)C(C)(C)N(C)C. The number of hydrogen-bond acceptors (Lipinski definition) is 2. The van der Waals surface area contributed by atoms with E-state index in [4.69, 9.17) is 0 Å². The van der Waals surface area contributed by atoms with Gasteiger partial charge in [-0.15, -0.1) is 0 Å². The summed E-state index contributed by atoms with van der Waals surface area (Å²) in [6.07, 6.45) is 0. The highest BCUT2D eigenvalue weighted by molar-refractivity contribution is 4.97. The standard InChI is InChI=1S/C12H28N2/c1-9-13-10(11(2,3)4)12(5,6)14(7)8/h10,13H,9H2,1-8H3. The Kier molecular flexibility index (Phi) is 4.60. The molecular weight excluding hydrogens is 172 g/mol. The van der Waals surface area contributed by atoms with Crippen molar-refractivity contribution in [2.45, 2.75) is 53.1 Å². The highest BCUT2D eigenvalue weighted by atomic mass is 15.2. The van der Waals surface area contributed by atoms with E-state index in [9.17, 15) is 0 Å². The van der Waals surface area contributed by atoms with Crippen LogP contribution in [-0.2, 0) is 0 Å². The Morgan fingerprint density at radius 1 is 1.07 bits per heavy atom. The Morgan fingerprint density at radius 2 is 1.50 bits per heavy atom. The van der Waals surface area contributed by atoms with Crippen molar-refractivity contribution >= 4 is 0 Å². The van der Waals surface area contributed by atoms with E-state index in [2.05, 4.69) is 65.9 Å². The molecule has 1 N–H and O–H groups in total. The smallest absolute Gasteiger partial charge is 0.0305 e. The fourth-order valence-corrected chi connectivity index (χ4v) is 2.08. The average molecular weight is 200 g/mol. The third kappa shape index (κ3) is 3.25. The summed E-state index contributed by atoms with van der Waals surface area (Å²) < 4.78 is 0. The van der Waals surface area contributed by atoms with Crippen molar-refractivity contribution < 1.29 is 0 Å². The first-order valence-corrected chi connectivity index (χ1v) is 5.54. The van der Waals surface area contributed by atoms with Crippen molar-refractivity contribution in [1.29, 1.82) is 0 Å². The highest BCUT2D eigenvalue weighted by Gasteiger charge is 2.38. The third-order valence-corrected chi connectivity index (χ3v) is 3.13. The summed E-state index contributed by atoms with van der Waals surface area (Å²) in [5, 5.41) is 3.60. The molecule has 2 nitrogen and oxygen atoms in total. The summed E-state index contributed by atoms with van der Waals surface area (Å²) in [4.78, 5) is 2.30. The normalized spacial score (nSPS) is 16.1. The van der Waals surface area contributed by atoms with Gasteiger partial charge in [-0.2, -0.15) is 0 Å². The molecule has 0 aliphatic rings. The molecular formula is C12H28N2. The van der Waals surface area contributed by atoms with Crippen LogP contribution in [-0.4, -0.2) is 37.1 Å². The Morgan fingerprint density at radius 3 is 1.71 bits per heavy atom. The van der Waals surface area contributed by atoms with Gasteiger partial charge < -0.3 is 10.2 Å². The zero-order chi connectivity index (χ0) is 11.6. The molecule has 1 unspecified atom stereocenters. The van der Waals surface area contributed by atoms with Crippen LogP contribution in [0.3, 0.4) is 0 Å². The largest absolute Gasteiger partial charge is 0.312 e. The maximum absolute atomic E-state index is 3.60. The maximum Gasteiger partial charge on any atom is 0.0305 e. The van der Waals surface area contributed by atoms with Crippen molar-refractivity contribution in [2.75, 3.05) is 20.6 Å². The van der Waals surface area contributed by atoms with E-state index in [0.29, 0.717) is 6.04 Å². The van der Waals surface area contributed by atoms with Gasteiger partial charge in [0.25, 0.3) is 0 Å². The first-order valence-electron chi connectivity index (χ1n) is 5.54.